The molecule has 0 amide bonds. The Morgan fingerprint density at radius 3 is 2.81 bits per heavy atom. The van der Waals surface area contributed by atoms with E-state index in [1.807, 2.05) is 27.0 Å². The van der Waals surface area contributed by atoms with Gasteiger partial charge in [-0.15, -0.1) is 0 Å². The number of rotatable bonds is 3. The van der Waals surface area contributed by atoms with E-state index in [4.69, 9.17) is 5.73 Å². The molecule has 2 rings (SSSR count). The molecule has 0 bridgehead atoms. The van der Waals surface area contributed by atoms with Gasteiger partial charge in [0.15, 0.2) is 0 Å². The minimum absolute atomic E-state index is 0.142. The van der Waals surface area contributed by atoms with E-state index in [9.17, 15) is 0 Å². The quantitative estimate of drug-likeness (QED) is 0.852. The van der Waals surface area contributed by atoms with E-state index >= 15 is 0 Å². The second-order valence-electron chi connectivity index (χ2n) is 4.94. The van der Waals surface area contributed by atoms with Gasteiger partial charge in [0.05, 0.1) is 11.7 Å². The summed E-state index contributed by atoms with van der Waals surface area (Å²) in [5.74, 6) is 1.07. The zero-order valence-electron chi connectivity index (χ0n) is 10.1. The van der Waals surface area contributed by atoms with Gasteiger partial charge < -0.3 is 10.3 Å². The molecule has 2 heterocycles. The maximum Gasteiger partial charge on any atom is 0.109 e. The van der Waals surface area contributed by atoms with Gasteiger partial charge in [-0.1, -0.05) is 0 Å². The standard InChI is InChI=1S/C12H18N4/c1-12(2,13)6-4-11-15-9-8-14-7-5-10(9)16(11)3/h5,7-8H,4,6,13H2,1-3H3. The zero-order valence-corrected chi connectivity index (χ0v) is 10.1. The Bertz CT molecular complexity index is 493. The molecular weight excluding hydrogens is 200 g/mol. The largest absolute Gasteiger partial charge is 0.331 e. The van der Waals surface area contributed by atoms with Gasteiger partial charge in [-0.3, -0.25) is 4.98 Å². The van der Waals surface area contributed by atoms with Crippen LogP contribution in [-0.4, -0.2) is 20.1 Å². The van der Waals surface area contributed by atoms with Crippen LogP contribution in [0.5, 0.6) is 0 Å². The van der Waals surface area contributed by atoms with Crippen LogP contribution in [0.15, 0.2) is 18.5 Å². The Morgan fingerprint density at radius 2 is 2.19 bits per heavy atom. The SMILES string of the molecule is Cn1c(CCC(C)(C)N)nc2cnccc21. The third kappa shape index (κ3) is 2.22. The molecule has 16 heavy (non-hydrogen) atoms. The van der Waals surface area contributed by atoms with E-state index in [1.54, 1.807) is 12.4 Å². The topological polar surface area (TPSA) is 56.7 Å². The third-order valence-electron chi connectivity index (χ3n) is 2.77. The highest BCUT2D eigenvalue weighted by Crippen LogP contribution is 2.16. The second-order valence-corrected chi connectivity index (χ2v) is 4.94. The lowest BCUT2D eigenvalue weighted by atomic mass is 10.00. The molecule has 0 fully saturated rings. The molecule has 0 aliphatic heterocycles. The van der Waals surface area contributed by atoms with Crippen molar-refractivity contribution in [2.24, 2.45) is 12.8 Å². The number of imidazole rings is 1. The van der Waals surface area contributed by atoms with Gasteiger partial charge in [-0.2, -0.15) is 0 Å². The zero-order chi connectivity index (χ0) is 11.8. The van der Waals surface area contributed by atoms with Crippen LogP contribution < -0.4 is 5.73 Å². The number of aromatic nitrogens is 3. The predicted molar refractivity (Wildman–Crippen MR) is 65.1 cm³/mol. The summed E-state index contributed by atoms with van der Waals surface area (Å²) in [6, 6.07) is 1.99. The lowest BCUT2D eigenvalue weighted by Gasteiger charge is -2.17. The fourth-order valence-corrected chi connectivity index (χ4v) is 1.76. The predicted octanol–water partition coefficient (Wildman–Crippen LogP) is 1.64. The average molecular weight is 218 g/mol. The maximum atomic E-state index is 5.98. The first kappa shape index (κ1) is 11.1. The fraction of sp³-hybridized carbons (Fsp3) is 0.500. The van der Waals surface area contributed by atoms with Crippen molar-refractivity contribution in [2.75, 3.05) is 0 Å². The Morgan fingerprint density at radius 1 is 1.44 bits per heavy atom. The van der Waals surface area contributed by atoms with Gasteiger partial charge in [0.25, 0.3) is 0 Å². The number of hydrogen-bond acceptors (Lipinski definition) is 3. The summed E-state index contributed by atoms with van der Waals surface area (Å²) in [6.07, 6.45) is 5.42. The van der Waals surface area contributed by atoms with Gasteiger partial charge in [0.2, 0.25) is 0 Å². The summed E-state index contributed by atoms with van der Waals surface area (Å²) < 4.78 is 2.11. The minimum atomic E-state index is -0.142. The molecule has 0 aliphatic rings. The van der Waals surface area contributed by atoms with Gasteiger partial charge in [-0.05, 0) is 26.3 Å². The molecule has 0 saturated heterocycles. The van der Waals surface area contributed by atoms with Crippen molar-refractivity contribution in [3.05, 3.63) is 24.3 Å². The van der Waals surface area contributed by atoms with E-state index in [1.165, 1.54) is 0 Å². The molecule has 0 aliphatic carbocycles. The molecule has 4 heteroatoms. The smallest absolute Gasteiger partial charge is 0.109 e. The summed E-state index contributed by atoms with van der Waals surface area (Å²) >= 11 is 0. The van der Waals surface area contributed by atoms with Crippen molar-refractivity contribution < 1.29 is 0 Å². The average Bonchev–Trinajstić information content (AvgIpc) is 2.53. The number of aryl methyl sites for hydroxylation is 2. The summed E-state index contributed by atoms with van der Waals surface area (Å²) in [6.45, 7) is 4.08. The number of nitrogens with zero attached hydrogens (tertiary/aromatic N) is 3. The molecule has 4 nitrogen and oxygen atoms in total. The monoisotopic (exact) mass is 218 g/mol. The van der Waals surface area contributed by atoms with Crippen LogP contribution in [0.2, 0.25) is 0 Å². The number of hydrogen-bond donors (Lipinski definition) is 1. The molecule has 0 spiro atoms. The first-order chi connectivity index (χ1) is 7.47. The molecule has 0 radical (unpaired) electrons. The lowest BCUT2D eigenvalue weighted by Crippen LogP contribution is -2.32. The Balaban J connectivity index is 2.28. The molecule has 0 aromatic carbocycles. The minimum Gasteiger partial charge on any atom is -0.331 e. The van der Waals surface area contributed by atoms with Gasteiger partial charge in [-0.25, -0.2) is 4.98 Å². The summed E-state index contributed by atoms with van der Waals surface area (Å²) in [5.41, 5.74) is 7.91. The Hall–Kier alpha value is -1.42. The van der Waals surface area contributed by atoms with Gasteiger partial charge in [0.1, 0.15) is 11.3 Å². The Labute approximate surface area is 95.5 Å². The van der Waals surface area contributed by atoms with Crippen LogP contribution in [0.25, 0.3) is 11.0 Å². The number of fused-ring (bicyclic) bond motifs is 1. The van der Waals surface area contributed by atoms with E-state index in [0.717, 1.165) is 29.7 Å². The van der Waals surface area contributed by atoms with Crippen LogP contribution in [0.4, 0.5) is 0 Å². The van der Waals surface area contributed by atoms with Gasteiger partial charge >= 0.3 is 0 Å². The summed E-state index contributed by atoms with van der Waals surface area (Å²) in [7, 11) is 2.04. The number of nitrogens with two attached hydrogens (primary N) is 1. The van der Waals surface area contributed by atoms with Crippen LogP contribution in [0.3, 0.4) is 0 Å². The molecule has 0 unspecified atom stereocenters. The summed E-state index contributed by atoms with van der Waals surface area (Å²) in [4.78, 5) is 8.64. The van der Waals surface area contributed by atoms with E-state index in [2.05, 4.69) is 14.5 Å². The van der Waals surface area contributed by atoms with Crippen molar-refractivity contribution >= 4 is 11.0 Å². The molecule has 2 N–H and O–H groups in total. The van der Waals surface area contributed by atoms with E-state index in [0.29, 0.717) is 0 Å². The van der Waals surface area contributed by atoms with Crippen LogP contribution >= 0.6 is 0 Å². The number of pyridine rings is 1. The maximum absolute atomic E-state index is 5.98. The molecule has 2 aromatic heterocycles. The van der Waals surface area contributed by atoms with Gasteiger partial charge in [0, 0.05) is 25.2 Å². The van der Waals surface area contributed by atoms with Crippen molar-refractivity contribution in [1.29, 1.82) is 0 Å². The summed E-state index contributed by atoms with van der Waals surface area (Å²) in [5, 5.41) is 0. The first-order valence-corrected chi connectivity index (χ1v) is 5.51. The fourth-order valence-electron chi connectivity index (χ4n) is 1.76. The van der Waals surface area contributed by atoms with E-state index in [-0.39, 0.29) is 5.54 Å². The van der Waals surface area contributed by atoms with Crippen molar-refractivity contribution in [2.45, 2.75) is 32.2 Å². The van der Waals surface area contributed by atoms with Crippen LogP contribution in [0.1, 0.15) is 26.1 Å². The highest BCUT2D eigenvalue weighted by Gasteiger charge is 2.13. The molecule has 2 aromatic rings. The van der Waals surface area contributed by atoms with Crippen LogP contribution in [-0.2, 0) is 13.5 Å². The molecule has 0 atom stereocenters. The van der Waals surface area contributed by atoms with Crippen molar-refractivity contribution in [3.8, 4) is 0 Å². The Kier molecular flexibility index (Phi) is 2.68. The highest BCUT2D eigenvalue weighted by atomic mass is 15.1. The van der Waals surface area contributed by atoms with Crippen LogP contribution in [0, 0.1) is 0 Å². The van der Waals surface area contributed by atoms with E-state index < -0.39 is 0 Å². The first-order valence-electron chi connectivity index (χ1n) is 5.51. The third-order valence-corrected chi connectivity index (χ3v) is 2.77. The lowest BCUT2D eigenvalue weighted by molar-refractivity contribution is 0.468. The van der Waals surface area contributed by atoms with Crippen molar-refractivity contribution in [3.63, 3.8) is 0 Å². The molecule has 0 saturated carbocycles. The normalized spacial score (nSPS) is 12.2. The van der Waals surface area contributed by atoms with Crippen molar-refractivity contribution in [1.82, 2.24) is 14.5 Å². The molecular formula is C12H18N4. The molecule has 86 valence electrons. The second kappa shape index (κ2) is 3.87. The highest BCUT2D eigenvalue weighted by molar-refractivity contribution is 5.74.